The summed E-state index contributed by atoms with van der Waals surface area (Å²) in [5.41, 5.74) is 5.17. The molecule has 1 amide bonds. The predicted molar refractivity (Wildman–Crippen MR) is 143 cm³/mol. The summed E-state index contributed by atoms with van der Waals surface area (Å²) >= 11 is 0. The van der Waals surface area contributed by atoms with Crippen LogP contribution in [-0.4, -0.2) is 91.2 Å². The van der Waals surface area contributed by atoms with Crippen LogP contribution in [0.1, 0.15) is 30.2 Å². The van der Waals surface area contributed by atoms with Gasteiger partial charge in [-0.15, -0.1) is 0 Å². The first-order chi connectivity index (χ1) is 17.4. The highest BCUT2D eigenvalue weighted by Crippen LogP contribution is 2.39. The highest BCUT2D eigenvalue weighted by Gasteiger charge is 2.36. The molecule has 192 valence electrons. The van der Waals surface area contributed by atoms with E-state index in [1.54, 1.807) is 0 Å². The van der Waals surface area contributed by atoms with Crippen molar-refractivity contribution in [1.29, 1.82) is 0 Å². The predicted octanol–water partition coefficient (Wildman–Crippen LogP) is 2.56. The molecule has 0 radical (unpaired) electrons. The van der Waals surface area contributed by atoms with Gasteiger partial charge in [-0.05, 0) is 58.0 Å². The molecule has 1 aromatic heterocycles. The quantitative estimate of drug-likeness (QED) is 0.553. The molecule has 1 aromatic carbocycles. The third kappa shape index (κ3) is 4.91. The van der Waals surface area contributed by atoms with E-state index in [1.165, 1.54) is 22.9 Å². The summed E-state index contributed by atoms with van der Waals surface area (Å²) in [6.45, 7) is 10.2. The van der Waals surface area contributed by atoms with Crippen molar-refractivity contribution in [3.05, 3.63) is 53.7 Å². The van der Waals surface area contributed by atoms with Crippen LogP contribution in [0, 0.1) is 0 Å². The number of hydrogen-bond acceptors (Lipinski definition) is 7. The topological polar surface area (TPSA) is 65.0 Å². The number of amides is 1. The molecule has 1 aliphatic carbocycles. The lowest BCUT2D eigenvalue weighted by Crippen LogP contribution is -2.49. The summed E-state index contributed by atoms with van der Waals surface area (Å²) in [6, 6.07) is 10.2. The van der Waals surface area contributed by atoms with E-state index in [1.807, 2.05) is 19.0 Å². The Balaban J connectivity index is 1.41. The van der Waals surface area contributed by atoms with Crippen molar-refractivity contribution < 1.29 is 9.53 Å². The van der Waals surface area contributed by atoms with E-state index < -0.39 is 0 Å². The number of hydrogen-bond donors (Lipinski definition) is 0. The molecule has 0 unspecified atom stereocenters. The fraction of sp³-hybridized carbons (Fsp3) is 0.536. The molecule has 3 heterocycles. The first-order valence-electron chi connectivity index (χ1n) is 13.1. The third-order valence-corrected chi connectivity index (χ3v) is 7.70. The maximum atomic E-state index is 12.1. The molecule has 0 saturated carbocycles. The number of fused-ring (bicyclic) bond motifs is 2. The molecular weight excluding hydrogens is 452 g/mol. The van der Waals surface area contributed by atoms with Gasteiger partial charge in [0.15, 0.2) is 0 Å². The lowest BCUT2D eigenvalue weighted by Gasteiger charge is -2.39. The van der Waals surface area contributed by atoms with Gasteiger partial charge in [-0.25, -0.2) is 0 Å². The Kier molecular flexibility index (Phi) is 7.14. The Morgan fingerprint density at radius 2 is 1.94 bits per heavy atom. The van der Waals surface area contributed by atoms with Crippen molar-refractivity contribution in [2.45, 2.75) is 44.7 Å². The molecule has 8 heteroatoms. The number of para-hydroxylation sites is 1. The van der Waals surface area contributed by atoms with E-state index in [0.717, 1.165) is 56.8 Å². The van der Waals surface area contributed by atoms with Crippen molar-refractivity contribution >= 4 is 17.4 Å². The monoisotopic (exact) mass is 490 g/mol. The molecule has 1 saturated heterocycles. The van der Waals surface area contributed by atoms with E-state index in [4.69, 9.17) is 14.7 Å². The van der Waals surface area contributed by atoms with Gasteiger partial charge < -0.3 is 24.3 Å². The van der Waals surface area contributed by atoms with Crippen LogP contribution in [0.3, 0.4) is 0 Å². The lowest BCUT2D eigenvalue weighted by molar-refractivity contribution is -0.126. The van der Waals surface area contributed by atoms with E-state index in [-0.39, 0.29) is 5.91 Å². The Labute approximate surface area is 214 Å². The fourth-order valence-corrected chi connectivity index (χ4v) is 5.85. The Morgan fingerprint density at radius 1 is 1.17 bits per heavy atom. The Morgan fingerprint density at radius 3 is 2.69 bits per heavy atom. The number of rotatable bonds is 7. The first kappa shape index (κ1) is 24.6. The van der Waals surface area contributed by atoms with Gasteiger partial charge in [0.1, 0.15) is 12.4 Å². The molecule has 0 N–H and O–H groups in total. The second-order valence-corrected chi connectivity index (χ2v) is 10.4. The van der Waals surface area contributed by atoms with E-state index in [9.17, 15) is 4.79 Å². The number of aromatic nitrogens is 2. The molecule has 2 aromatic rings. The van der Waals surface area contributed by atoms with E-state index in [2.05, 4.69) is 52.5 Å². The van der Waals surface area contributed by atoms with Gasteiger partial charge in [-0.1, -0.05) is 24.8 Å². The SMILES string of the molecule is C=CC(=O)N1CCN(c2nc(OCCN(C)C)nc3c2CC[C@@H](N2c4ccccc4C[C@@H]2C)C3)CC1. The van der Waals surface area contributed by atoms with Crippen LogP contribution in [-0.2, 0) is 24.1 Å². The van der Waals surface area contributed by atoms with Gasteiger partial charge in [0.25, 0.3) is 0 Å². The molecular formula is C28H38N6O2. The van der Waals surface area contributed by atoms with Gasteiger partial charge >= 0.3 is 6.01 Å². The highest BCUT2D eigenvalue weighted by molar-refractivity contribution is 5.87. The molecule has 2 atom stereocenters. The van der Waals surface area contributed by atoms with Crippen LogP contribution in [0.4, 0.5) is 11.5 Å². The molecule has 5 rings (SSSR count). The standard InChI is InChI=1S/C28H38N6O2/c1-5-26(35)32-12-14-33(15-13-32)27-23-11-10-22(34-20(2)18-21-8-6-7-9-25(21)34)19-24(23)29-28(30-27)36-17-16-31(3)4/h5-9,20,22H,1,10-19H2,2-4H3/t20-,22+/m0/s1. The zero-order valence-electron chi connectivity index (χ0n) is 21.8. The number of ether oxygens (including phenoxy) is 1. The summed E-state index contributed by atoms with van der Waals surface area (Å²) < 4.78 is 6.05. The van der Waals surface area contributed by atoms with Crippen LogP contribution < -0.4 is 14.5 Å². The largest absolute Gasteiger partial charge is 0.462 e. The molecule has 1 fully saturated rings. The zero-order chi connectivity index (χ0) is 25.2. The zero-order valence-corrected chi connectivity index (χ0v) is 21.8. The number of benzene rings is 1. The van der Waals surface area contributed by atoms with Crippen molar-refractivity contribution in [1.82, 2.24) is 19.8 Å². The van der Waals surface area contributed by atoms with Crippen LogP contribution in [0.25, 0.3) is 0 Å². The maximum Gasteiger partial charge on any atom is 0.318 e. The average Bonchev–Trinajstić information content (AvgIpc) is 3.23. The van der Waals surface area contributed by atoms with Gasteiger partial charge in [-0.2, -0.15) is 9.97 Å². The summed E-state index contributed by atoms with van der Waals surface area (Å²) in [5.74, 6) is 0.980. The van der Waals surface area contributed by atoms with Crippen molar-refractivity contribution in [2.75, 3.05) is 63.2 Å². The van der Waals surface area contributed by atoms with Crippen LogP contribution in [0.5, 0.6) is 6.01 Å². The second kappa shape index (κ2) is 10.5. The van der Waals surface area contributed by atoms with Crippen LogP contribution >= 0.6 is 0 Å². The summed E-state index contributed by atoms with van der Waals surface area (Å²) in [5, 5.41) is 0. The number of anilines is 2. The van der Waals surface area contributed by atoms with Gasteiger partial charge in [0.2, 0.25) is 5.91 Å². The summed E-state index contributed by atoms with van der Waals surface area (Å²) in [4.78, 5) is 30.8. The Bertz CT molecular complexity index is 1110. The van der Waals surface area contributed by atoms with E-state index in [0.29, 0.717) is 37.8 Å². The average molecular weight is 491 g/mol. The number of carbonyl (C=O) groups excluding carboxylic acids is 1. The minimum Gasteiger partial charge on any atom is -0.462 e. The first-order valence-corrected chi connectivity index (χ1v) is 13.1. The number of piperazine rings is 1. The molecule has 0 spiro atoms. The normalized spacial score (nSPS) is 21.4. The minimum atomic E-state index is -0.00469. The van der Waals surface area contributed by atoms with E-state index >= 15 is 0 Å². The van der Waals surface area contributed by atoms with Crippen molar-refractivity contribution in [3.63, 3.8) is 0 Å². The fourth-order valence-electron chi connectivity index (χ4n) is 5.85. The Hall–Kier alpha value is -3.13. The number of carbonyl (C=O) groups is 1. The maximum absolute atomic E-state index is 12.1. The van der Waals surface area contributed by atoms with Crippen LogP contribution in [0.2, 0.25) is 0 Å². The number of likely N-dealkylation sites (N-methyl/N-ethyl adjacent to an activating group) is 1. The molecule has 8 nitrogen and oxygen atoms in total. The van der Waals surface area contributed by atoms with Crippen molar-refractivity contribution in [3.8, 4) is 6.01 Å². The highest BCUT2D eigenvalue weighted by atomic mass is 16.5. The minimum absolute atomic E-state index is 0.00469. The second-order valence-electron chi connectivity index (χ2n) is 10.4. The molecule has 3 aliphatic rings. The van der Waals surface area contributed by atoms with Crippen LogP contribution in [0.15, 0.2) is 36.9 Å². The smallest absolute Gasteiger partial charge is 0.318 e. The summed E-state index contributed by atoms with van der Waals surface area (Å²) in [7, 11) is 4.07. The van der Waals surface area contributed by atoms with Crippen molar-refractivity contribution in [2.24, 2.45) is 0 Å². The lowest BCUT2D eigenvalue weighted by atomic mass is 9.90. The van der Waals surface area contributed by atoms with Gasteiger partial charge in [0.05, 0.1) is 5.69 Å². The number of nitrogens with zero attached hydrogens (tertiary/aromatic N) is 6. The molecule has 0 bridgehead atoms. The van der Waals surface area contributed by atoms with Gasteiger partial charge in [0, 0.05) is 62.5 Å². The summed E-state index contributed by atoms with van der Waals surface area (Å²) in [6.07, 6.45) is 5.42. The molecule has 36 heavy (non-hydrogen) atoms. The third-order valence-electron chi connectivity index (χ3n) is 7.70. The molecule has 2 aliphatic heterocycles. The van der Waals surface area contributed by atoms with Gasteiger partial charge in [-0.3, -0.25) is 4.79 Å².